The lowest BCUT2D eigenvalue weighted by Crippen LogP contribution is -2.48. The van der Waals surface area contributed by atoms with Gasteiger partial charge in [0, 0.05) is 5.92 Å². The summed E-state index contributed by atoms with van der Waals surface area (Å²) >= 11 is 0. The molecule has 0 bridgehead atoms. The zero-order valence-corrected chi connectivity index (χ0v) is 25.6. The predicted molar refractivity (Wildman–Crippen MR) is 169 cm³/mol. The maximum atomic E-state index is 14.5. The Bertz CT molecular complexity index is 1750. The Hall–Kier alpha value is -4.72. The van der Waals surface area contributed by atoms with Crippen LogP contribution < -0.4 is 14.5 Å². The maximum absolute atomic E-state index is 14.5. The van der Waals surface area contributed by atoms with Gasteiger partial charge in [-0.1, -0.05) is 55.0 Å². The van der Waals surface area contributed by atoms with E-state index >= 15 is 0 Å². The highest BCUT2D eigenvalue weighted by molar-refractivity contribution is 6.25. The normalized spacial score (nSPS) is 29.0. The number of fused-ring (bicyclic) bond motifs is 4. The van der Waals surface area contributed by atoms with Gasteiger partial charge in [0.15, 0.2) is 11.5 Å². The molecule has 45 heavy (non-hydrogen) atoms. The van der Waals surface area contributed by atoms with E-state index < -0.39 is 35.0 Å². The van der Waals surface area contributed by atoms with Crippen LogP contribution in [0.4, 0.5) is 11.4 Å². The van der Waals surface area contributed by atoms with E-state index in [1.165, 1.54) is 9.80 Å². The molecule has 2 aliphatic carbocycles. The van der Waals surface area contributed by atoms with Crippen LogP contribution in [0.1, 0.15) is 50.7 Å². The predicted octanol–water partition coefficient (Wildman–Crippen LogP) is 5.79. The topological polar surface area (TPSA) is 104 Å². The second-order valence-electron chi connectivity index (χ2n) is 12.7. The third-order valence-electron chi connectivity index (χ3n) is 10.5. The summed E-state index contributed by atoms with van der Waals surface area (Å²) in [6.07, 6.45) is 3.52. The first-order valence-corrected chi connectivity index (χ1v) is 15.8. The van der Waals surface area contributed by atoms with Crippen LogP contribution in [0.15, 0.2) is 84.4 Å². The van der Waals surface area contributed by atoms with Crippen LogP contribution in [0.2, 0.25) is 0 Å². The van der Waals surface area contributed by atoms with E-state index in [0.29, 0.717) is 24.4 Å². The van der Waals surface area contributed by atoms with Crippen molar-refractivity contribution in [3.63, 3.8) is 0 Å². The van der Waals surface area contributed by atoms with Crippen molar-refractivity contribution in [1.29, 1.82) is 0 Å². The van der Waals surface area contributed by atoms with E-state index in [0.717, 1.165) is 23.1 Å². The van der Waals surface area contributed by atoms with E-state index in [9.17, 15) is 24.3 Å². The number of allylic oxidation sites excluding steroid dienone is 2. The summed E-state index contributed by atoms with van der Waals surface area (Å²) in [7, 11) is 0. The van der Waals surface area contributed by atoms with Gasteiger partial charge in [0.25, 0.3) is 0 Å². The zero-order valence-electron chi connectivity index (χ0n) is 25.6. The number of amides is 4. The summed E-state index contributed by atoms with van der Waals surface area (Å²) in [4.78, 5) is 59.5. The highest BCUT2D eigenvalue weighted by Gasteiger charge is 2.67. The number of aromatic hydroxyl groups is 1. The molecule has 0 radical (unpaired) electrons. The first-order chi connectivity index (χ1) is 21.7. The number of nitrogens with zero attached hydrogens (tertiary/aromatic N) is 2. The molecule has 6 atom stereocenters. The van der Waals surface area contributed by atoms with Gasteiger partial charge < -0.3 is 9.84 Å². The minimum Gasteiger partial charge on any atom is -0.504 e. The molecule has 0 spiro atoms. The molecule has 8 nitrogen and oxygen atoms in total. The zero-order chi connectivity index (χ0) is 31.6. The molecular formula is C37H36N2O6. The number of hydrogen-bond acceptors (Lipinski definition) is 6. The van der Waals surface area contributed by atoms with E-state index in [1.54, 1.807) is 42.5 Å². The van der Waals surface area contributed by atoms with Crippen molar-refractivity contribution in [3.05, 3.63) is 95.6 Å². The smallest absolute Gasteiger partial charge is 0.241 e. The molecule has 0 aromatic heterocycles. The molecule has 4 amide bonds. The first-order valence-electron chi connectivity index (χ1n) is 15.8. The molecule has 3 aromatic carbocycles. The summed E-state index contributed by atoms with van der Waals surface area (Å²) in [5, 5.41) is 10.5. The van der Waals surface area contributed by atoms with E-state index in [2.05, 4.69) is 6.92 Å². The molecule has 3 aromatic rings. The highest BCUT2D eigenvalue weighted by Crippen LogP contribution is 2.64. The lowest BCUT2D eigenvalue weighted by Gasteiger charge is -2.49. The maximum Gasteiger partial charge on any atom is 0.241 e. The van der Waals surface area contributed by atoms with Crippen LogP contribution in [-0.2, 0) is 25.6 Å². The molecule has 2 aliphatic heterocycles. The fraction of sp³-hybridized carbons (Fsp3) is 0.351. The SMILES string of the molecule is CCOc1cc(C2C3=CCC4C(=O)N(c5ccc(CC)cc5)C(=O)C4C3CC3C(=O)N(c4ccccc4)C(=O)C32C)ccc1O. The molecule has 8 heteroatoms. The monoisotopic (exact) mass is 604 g/mol. The first kappa shape index (κ1) is 29.0. The van der Waals surface area contributed by atoms with Crippen molar-refractivity contribution >= 4 is 35.0 Å². The Morgan fingerprint density at radius 3 is 2.24 bits per heavy atom. The van der Waals surface area contributed by atoms with Gasteiger partial charge >= 0.3 is 0 Å². The minimum absolute atomic E-state index is 0.0200. The van der Waals surface area contributed by atoms with Gasteiger partial charge in [-0.05, 0) is 86.6 Å². The Kier molecular flexibility index (Phi) is 6.91. The molecule has 4 aliphatic rings. The summed E-state index contributed by atoms with van der Waals surface area (Å²) in [6, 6.07) is 21.5. The third kappa shape index (κ3) is 4.18. The number of imide groups is 2. The van der Waals surface area contributed by atoms with Crippen LogP contribution in [-0.4, -0.2) is 35.3 Å². The molecule has 6 unspecified atom stereocenters. The van der Waals surface area contributed by atoms with Gasteiger partial charge in [-0.3, -0.25) is 24.1 Å². The van der Waals surface area contributed by atoms with Crippen molar-refractivity contribution in [1.82, 2.24) is 0 Å². The Labute approximate surface area is 262 Å². The van der Waals surface area contributed by atoms with Crippen LogP contribution in [0.5, 0.6) is 11.5 Å². The quantitative estimate of drug-likeness (QED) is 0.282. The Morgan fingerprint density at radius 2 is 1.56 bits per heavy atom. The Balaban J connectivity index is 1.36. The number of anilines is 2. The number of hydrogen-bond donors (Lipinski definition) is 1. The summed E-state index contributed by atoms with van der Waals surface area (Å²) in [5.74, 6) is -3.72. The minimum atomic E-state index is -1.16. The second kappa shape index (κ2) is 10.7. The molecular weight excluding hydrogens is 568 g/mol. The number of rotatable bonds is 6. The van der Waals surface area contributed by atoms with Crippen LogP contribution in [0.3, 0.4) is 0 Å². The number of para-hydroxylation sites is 1. The Morgan fingerprint density at radius 1 is 0.844 bits per heavy atom. The van der Waals surface area contributed by atoms with Gasteiger partial charge in [0.1, 0.15) is 0 Å². The third-order valence-corrected chi connectivity index (χ3v) is 10.5. The van der Waals surface area contributed by atoms with E-state index in [4.69, 9.17) is 4.74 Å². The molecule has 1 saturated carbocycles. The van der Waals surface area contributed by atoms with Gasteiger partial charge in [-0.2, -0.15) is 0 Å². The molecule has 7 rings (SSSR count). The average molecular weight is 605 g/mol. The summed E-state index contributed by atoms with van der Waals surface area (Å²) in [6.45, 7) is 6.06. The van der Waals surface area contributed by atoms with Gasteiger partial charge in [0.05, 0.1) is 41.2 Å². The molecule has 3 fully saturated rings. The van der Waals surface area contributed by atoms with Crippen molar-refractivity contribution in [3.8, 4) is 11.5 Å². The highest BCUT2D eigenvalue weighted by atomic mass is 16.5. The van der Waals surface area contributed by atoms with Gasteiger partial charge in [-0.25, -0.2) is 4.90 Å². The van der Waals surface area contributed by atoms with Crippen LogP contribution >= 0.6 is 0 Å². The van der Waals surface area contributed by atoms with E-state index in [-0.39, 0.29) is 41.5 Å². The van der Waals surface area contributed by atoms with E-state index in [1.807, 2.05) is 50.3 Å². The van der Waals surface area contributed by atoms with Crippen molar-refractivity contribution in [2.45, 2.75) is 46.0 Å². The van der Waals surface area contributed by atoms with Crippen molar-refractivity contribution in [2.24, 2.45) is 29.1 Å². The van der Waals surface area contributed by atoms with Crippen LogP contribution in [0, 0.1) is 29.1 Å². The largest absolute Gasteiger partial charge is 0.504 e. The van der Waals surface area contributed by atoms with Crippen molar-refractivity contribution in [2.75, 3.05) is 16.4 Å². The van der Waals surface area contributed by atoms with Crippen molar-refractivity contribution < 1.29 is 29.0 Å². The number of benzene rings is 3. The summed E-state index contributed by atoms with van der Waals surface area (Å²) < 4.78 is 5.73. The average Bonchev–Trinajstić information content (AvgIpc) is 3.42. The van der Waals surface area contributed by atoms with Gasteiger partial charge in [-0.15, -0.1) is 0 Å². The fourth-order valence-corrected chi connectivity index (χ4v) is 8.34. The molecule has 2 saturated heterocycles. The van der Waals surface area contributed by atoms with Gasteiger partial charge in [0.2, 0.25) is 23.6 Å². The number of phenols is 1. The summed E-state index contributed by atoms with van der Waals surface area (Å²) in [5.41, 5.74) is 2.62. The lowest BCUT2D eigenvalue weighted by molar-refractivity contribution is -0.131. The number of ether oxygens (including phenoxy) is 1. The fourth-order valence-electron chi connectivity index (χ4n) is 8.34. The number of carbonyl (C=O) groups is 4. The molecule has 230 valence electrons. The number of carbonyl (C=O) groups excluding carboxylic acids is 4. The molecule has 2 heterocycles. The lowest BCUT2D eigenvalue weighted by atomic mass is 9.51. The van der Waals surface area contributed by atoms with Crippen LogP contribution in [0.25, 0.3) is 0 Å². The molecule has 1 N–H and O–H groups in total. The second-order valence-corrected chi connectivity index (χ2v) is 12.7. The number of aryl methyl sites for hydroxylation is 1. The number of phenolic OH excluding ortho intramolecular Hbond substituents is 1. The standard InChI is InChI=1S/C37H36N2O6/c1-4-21-11-14-24(15-12-21)38-33(41)26-17-16-25-27(31(26)35(38)43)20-28-34(42)39(23-9-7-6-8-10-23)36(44)37(28,3)32(25)22-13-18-29(40)30(19-22)45-5-2/h6-16,18-19,26-28,31-32,40H,4-5,17,20H2,1-3H3.